The Balaban J connectivity index is 1.88. The van der Waals surface area contributed by atoms with Crippen molar-refractivity contribution >= 4 is 12.1 Å². The van der Waals surface area contributed by atoms with E-state index in [1.807, 2.05) is 0 Å². The number of amides is 1. The normalized spacial score (nSPS) is 17.5. The minimum absolute atomic E-state index is 0.0726. The summed E-state index contributed by atoms with van der Waals surface area (Å²) in [6.07, 6.45) is 2.30. The topological polar surface area (TPSA) is 44.7 Å². The molecule has 4 nitrogen and oxygen atoms in total. The molecule has 0 aliphatic carbocycles. The molecule has 0 radical (unpaired) electrons. The summed E-state index contributed by atoms with van der Waals surface area (Å²) in [6, 6.07) is 5.12. The molecule has 1 fully saturated rings. The second-order valence-corrected chi connectivity index (χ2v) is 5.92. The zero-order valence-electron chi connectivity index (χ0n) is 13.5. The number of alkyl halides is 3. The molecule has 1 saturated heterocycles. The van der Waals surface area contributed by atoms with Crippen molar-refractivity contribution in [1.82, 2.24) is 10.3 Å². The zero-order valence-corrected chi connectivity index (χ0v) is 13.5. The number of halogens is 3. The third-order valence-corrected chi connectivity index (χ3v) is 3.97. The Bertz CT molecular complexity index is 564. The molecule has 132 valence electrons. The number of nitrogens with zero attached hydrogens (tertiary/aromatic N) is 2. The lowest BCUT2D eigenvalue weighted by atomic mass is 10.1. The van der Waals surface area contributed by atoms with E-state index in [0.717, 1.165) is 38.2 Å². The van der Waals surface area contributed by atoms with Crippen LogP contribution in [0.5, 0.6) is 0 Å². The van der Waals surface area contributed by atoms with Gasteiger partial charge in [-0.3, -0.25) is 9.69 Å². The van der Waals surface area contributed by atoms with Crippen LogP contribution in [0.1, 0.15) is 43.2 Å². The molecule has 1 heterocycles. The van der Waals surface area contributed by atoms with Crippen LogP contribution in [0.4, 0.5) is 13.2 Å². The van der Waals surface area contributed by atoms with Crippen LogP contribution in [0.25, 0.3) is 0 Å². The summed E-state index contributed by atoms with van der Waals surface area (Å²) < 4.78 is 38.6. The van der Waals surface area contributed by atoms with Crippen LogP contribution in [0.2, 0.25) is 0 Å². The van der Waals surface area contributed by atoms with Gasteiger partial charge in [0, 0.05) is 5.56 Å². The van der Waals surface area contributed by atoms with Crippen molar-refractivity contribution in [1.29, 1.82) is 0 Å². The lowest BCUT2D eigenvalue weighted by Crippen LogP contribution is -2.37. The van der Waals surface area contributed by atoms with E-state index < -0.39 is 11.7 Å². The van der Waals surface area contributed by atoms with Crippen LogP contribution in [0.3, 0.4) is 0 Å². The highest BCUT2D eigenvalue weighted by Crippen LogP contribution is 2.30. The molecule has 1 aromatic rings. The number of carbonyl (C=O) groups is 1. The predicted molar refractivity (Wildman–Crippen MR) is 86.7 cm³/mol. The van der Waals surface area contributed by atoms with E-state index >= 15 is 0 Å². The summed E-state index contributed by atoms with van der Waals surface area (Å²) >= 11 is 0. The SMILES string of the molecule is O=C(CN1CCCCCCC1)N/N=C/c1ccccc1C(F)(F)F. The fourth-order valence-corrected chi connectivity index (χ4v) is 2.75. The number of hydrazone groups is 1. The Hall–Kier alpha value is -1.89. The van der Waals surface area contributed by atoms with Crippen LogP contribution in [0, 0.1) is 0 Å². The summed E-state index contributed by atoms with van der Waals surface area (Å²) in [4.78, 5) is 14.0. The van der Waals surface area contributed by atoms with Crippen LogP contribution < -0.4 is 5.43 Å². The lowest BCUT2D eigenvalue weighted by Gasteiger charge is -2.23. The monoisotopic (exact) mass is 341 g/mol. The van der Waals surface area contributed by atoms with E-state index in [9.17, 15) is 18.0 Å². The molecule has 0 bridgehead atoms. The summed E-state index contributed by atoms with van der Waals surface area (Å²) in [5.41, 5.74) is 1.47. The average Bonchev–Trinajstić information content (AvgIpc) is 2.49. The maximum Gasteiger partial charge on any atom is 0.417 e. The van der Waals surface area contributed by atoms with Crippen LogP contribution in [-0.4, -0.2) is 36.7 Å². The predicted octanol–water partition coefficient (Wildman–Crippen LogP) is 3.42. The Morgan fingerprint density at radius 1 is 1.12 bits per heavy atom. The molecule has 2 rings (SSSR count). The Morgan fingerprint density at radius 3 is 2.42 bits per heavy atom. The first-order chi connectivity index (χ1) is 11.5. The minimum atomic E-state index is -4.45. The molecule has 1 aliphatic heterocycles. The van der Waals surface area contributed by atoms with Gasteiger partial charge in [0.15, 0.2) is 0 Å². The van der Waals surface area contributed by atoms with Gasteiger partial charge in [-0.2, -0.15) is 18.3 Å². The molecule has 24 heavy (non-hydrogen) atoms. The number of hydrogen-bond donors (Lipinski definition) is 1. The summed E-state index contributed by atoms with van der Waals surface area (Å²) in [5, 5.41) is 3.67. The maximum absolute atomic E-state index is 12.9. The van der Waals surface area contributed by atoms with Gasteiger partial charge < -0.3 is 0 Å². The first-order valence-corrected chi connectivity index (χ1v) is 8.17. The van der Waals surface area contributed by atoms with Crippen molar-refractivity contribution in [2.45, 2.75) is 38.3 Å². The molecule has 0 aromatic heterocycles. The molecule has 0 atom stereocenters. The number of hydrogen-bond acceptors (Lipinski definition) is 3. The van der Waals surface area contributed by atoms with Crippen LogP contribution in [-0.2, 0) is 11.0 Å². The fraction of sp³-hybridized carbons (Fsp3) is 0.529. The quantitative estimate of drug-likeness (QED) is 0.674. The van der Waals surface area contributed by atoms with Gasteiger partial charge >= 0.3 is 6.18 Å². The Morgan fingerprint density at radius 2 is 1.75 bits per heavy atom. The van der Waals surface area contributed by atoms with Gasteiger partial charge in [0.2, 0.25) is 0 Å². The molecule has 0 saturated carbocycles. The van der Waals surface area contributed by atoms with Crippen LogP contribution >= 0.6 is 0 Å². The first-order valence-electron chi connectivity index (χ1n) is 8.17. The largest absolute Gasteiger partial charge is 0.417 e. The van der Waals surface area contributed by atoms with Crippen molar-refractivity contribution in [3.05, 3.63) is 35.4 Å². The van der Waals surface area contributed by atoms with Gasteiger partial charge in [0.05, 0.1) is 18.3 Å². The molecule has 7 heteroatoms. The van der Waals surface area contributed by atoms with Gasteiger partial charge in [-0.1, -0.05) is 37.5 Å². The van der Waals surface area contributed by atoms with E-state index in [-0.39, 0.29) is 18.0 Å². The van der Waals surface area contributed by atoms with Crippen molar-refractivity contribution in [3.63, 3.8) is 0 Å². The minimum Gasteiger partial charge on any atom is -0.294 e. The highest BCUT2D eigenvalue weighted by molar-refractivity contribution is 5.84. The van der Waals surface area contributed by atoms with Crippen molar-refractivity contribution in [2.24, 2.45) is 5.10 Å². The van der Waals surface area contributed by atoms with Crippen molar-refractivity contribution in [3.8, 4) is 0 Å². The number of benzene rings is 1. The van der Waals surface area contributed by atoms with E-state index in [1.54, 1.807) is 0 Å². The summed E-state index contributed by atoms with van der Waals surface area (Å²) in [7, 11) is 0. The molecule has 1 aliphatic rings. The second-order valence-electron chi connectivity index (χ2n) is 5.92. The highest BCUT2D eigenvalue weighted by atomic mass is 19.4. The van der Waals surface area contributed by atoms with Gasteiger partial charge in [0.1, 0.15) is 0 Å². The van der Waals surface area contributed by atoms with Gasteiger partial charge in [0.25, 0.3) is 5.91 Å². The van der Waals surface area contributed by atoms with Gasteiger partial charge in [-0.25, -0.2) is 5.43 Å². The molecule has 1 aromatic carbocycles. The first kappa shape index (κ1) is 18.4. The second kappa shape index (κ2) is 8.82. The standard InChI is InChI=1S/C17H22F3N3O/c18-17(19,20)15-9-5-4-8-14(15)12-21-22-16(24)13-23-10-6-2-1-3-7-11-23/h4-5,8-9,12H,1-3,6-7,10-11,13H2,(H,22,24)/b21-12+. The Kier molecular flexibility index (Phi) is 6.78. The molecule has 1 amide bonds. The smallest absolute Gasteiger partial charge is 0.294 e. The number of carbonyl (C=O) groups excluding carboxylic acids is 1. The zero-order chi connectivity index (χ0) is 17.4. The third kappa shape index (κ3) is 5.96. The van der Waals surface area contributed by atoms with Crippen molar-refractivity contribution in [2.75, 3.05) is 19.6 Å². The van der Waals surface area contributed by atoms with E-state index in [0.29, 0.717) is 0 Å². The molecular weight excluding hydrogens is 319 g/mol. The lowest BCUT2D eigenvalue weighted by molar-refractivity contribution is -0.137. The van der Waals surface area contributed by atoms with Crippen LogP contribution in [0.15, 0.2) is 29.4 Å². The number of likely N-dealkylation sites (tertiary alicyclic amines) is 1. The molecular formula is C17H22F3N3O. The molecule has 1 N–H and O–H groups in total. The summed E-state index contributed by atoms with van der Waals surface area (Å²) in [6.45, 7) is 1.96. The van der Waals surface area contributed by atoms with E-state index in [2.05, 4.69) is 15.4 Å². The Labute approximate surface area is 139 Å². The third-order valence-electron chi connectivity index (χ3n) is 3.97. The molecule has 0 spiro atoms. The number of nitrogens with one attached hydrogen (secondary N) is 1. The maximum atomic E-state index is 12.9. The van der Waals surface area contributed by atoms with Gasteiger partial charge in [-0.15, -0.1) is 0 Å². The molecule has 0 unspecified atom stereocenters. The summed E-state index contributed by atoms with van der Waals surface area (Å²) in [5.74, 6) is -0.309. The van der Waals surface area contributed by atoms with E-state index in [1.165, 1.54) is 37.5 Å². The fourth-order valence-electron chi connectivity index (χ4n) is 2.75. The average molecular weight is 341 g/mol. The number of rotatable bonds is 4. The van der Waals surface area contributed by atoms with Crippen molar-refractivity contribution < 1.29 is 18.0 Å². The highest BCUT2D eigenvalue weighted by Gasteiger charge is 2.32. The van der Waals surface area contributed by atoms with Gasteiger partial charge in [-0.05, 0) is 32.0 Å². The van der Waals surface area contributed by atoms with E-state index in [4.69, 9.17) is 0 Å².